The van der Waals surface area contributed by atoms with Crippen molar-refractivity contribution in [2.24, 2.45) is 5.14 Å². The average molecular weight is 423 g/mol. The number of hydrogen-bond acceptors (Lipinski definition) is 6. The molecule has 1 fully saturated rings. The fourth-order valence-corrected chi connectivity index (χ4v) is 4.32. The van der Waals surface area contributed by atoms with Crippen LogP contribution >= 0.6 is 0 Å². The number of carbonyl (C=O) groups excluding carboxylic acids is 2. The maximum Gasteiger partial charge on any atom is 0.261 e. The van der Waals surface area contributed by atoms with Crippen LogP contribution in [0.25, 0.3) is 0 Å². The summed E-state index contributed by atoms with van der Waals surface area (Å²) in [5.74, 6) is -0.639. The van der Waals surface area contributed by atoms with Crippen molar-refractivity contribution in [3.8, 4) is 0 Å². The van der Waals surface area contributed by atoms with E-state index in [4.69, 9.17) is 5.14 Å². The lowest BCUT2D eigenvalue weighted by molar-refractivity contribution is -0.129. The van der Waals surface area contributed by atoms with E-state index in [9.17, 15) is 26.4 Å². The number of amides is 2. The molecule has 11 heteroatoms. The van der Waals surface area contributed by atoms with E-state index in [-0.39, 0.29) is 40.1 Å². The number of piperidine rings is 1. The number of nitrogens with zero attached hydrogens (tertiary/aromatic N) is 1. The third kappa shape index (κ3) is 4.21. The summed E-state index contributed by atoms with van der Waals surface area (Å²) < 4.78 is 49.8. The zero-order valence-electron chi connectivity index (χ0n) is 14.5. The second kappa shape index (κ2) is 7.34. The molecule has 0 radical (unpaired) electrons. The molecule has 148 valence electrons. The lowest BCUT2D eigenvalue weighted by Crippen LogP contribution is -2.40. The predicted octanol–water partition coefficient (Wildman–Crippen LogP) is 1.18. The van der Waals surface area contributed by atoms with E-state index in [1.54, 1.807) is 0 Å². The molecule has 0 atom stereocenters. The Hall–Kier alpha value is -2.76. The van der Waals surface area contributed by atoms with Gasteiger partial charge in [-0.2, -0.15) is 0 Å². The Balaban J connectivity index is 1.80. The van der Waals surface area contributed by atoms with Gasteiger partial charge in [-0.05, 0) is 55.0 Å². The number of nitrogens with one attached hydrogen (secondary N) is 1. The highest BCUT2D eigenvalue weighted by molar-refractivity contribution is 7.92. The van der Waals surface area contributed by atoms with Gasteiger partial charge in [-0.3, -0.25) is 19.2 Å². The summed E-state index contributed by atoms with van der Waals surface area (Å²) >= 11 is 0. The van der Waals surface area contributed by atoms with Gasteiger partial charge in [0.1, 0.15) is 0 Å². The molecular weight excluding hydrogens is 406 g/mol. The van der Waals surface area contributed by atoms with E-state index in [1.165, 1.54) is 48.5 Å². The molecular formula is C17H17N3O6S2. The van der Waals surface area contributed by atoms with Gasteiger partial charge in [0.25, 0.3) is 10.0 Å². The number of nitrogens with two attached hydrogens (primary N) is 1. The fraction of sp³-hybridized carbons (Fsp3) is 0.176. The summed E-state index contributed by atoms with van der Waals surface area (Å²) in [6.07, 6.45) is 1.04. The highest BCUT2D eigenvalue weighted by Crippen LogP contribution is 2.24. The molecule has 3 N–H and O–H groups in total. The number of rotatable bonds is 5. The SMILES string of the molecule is NS(=O)(=O)c1ccc(NS(=O)(=O)c2ccc(N3C(=O)CCCC3=O)cc2)cc1. The van der Waals surface area contributed by atoms with Gasteiger partial charge in [-0.15, -0.1) is 0 Å². The Labute approximate surface area is 162 Å². The first-order chi connectivity index (χ1) is 13.1. The van der Waals surface area contributed by atoms with Crippen LogP contribution in [0.2, 0.25) is 0 Å². The maximum absolute atomic E-state index is 12.5. The normalized spacial score (nSPS) is 15.5. The van der Waals surface area contributed by atoms with Crippen LogP contribution in [0.15, 0.2) is 58.3 Å². The van der Waals surface area contributed by atoms with Crippen LogP contribution in [0.1, 0.15) is 19.3 Å². The van der Waals surface area contributed by atoms with Crippen molar-refractivity contribution in [1.29, 1.82) is 0 Å². The molecule has 28 heavy (non-hydrogen) atoms. The number of sulfonamides is 2. The van der Waals surface area contributed by atoms with Gasteiger partial charge in [-0.25, -0.2) is 22.0 Å². The first kappa shape index (κ1) is 20.0. The highest BCUT2D eigenvalue weighted by Gasteiger charge is 2.27. The minimum Gasteiger partial charge on any atom is -0.280 e. The summed E-state index contributed by atoms with van der Waals surface area (Å²) in [6.45, 7) is 0. The first-order valence-corrected chi connectivity index (χ1v) is 11.2. The second-order valence-corrected chi connectivity index (χ2v) is 9.39. The van der Waals surface area contributed by atoms with Crippen LogP contribution < -0.4 is 14.8 Å². The summed E-state index contributed by atoms with van der Waals surface area (Å²) in [7, 11) is -7.83. The molecule has 0 aromatic heterocycles. The first-order valence-electron chi connectivity index (χ1n) is 8.19. The molecule has 9 nitrogen and oxygen atoms in total. The van der Waals surface area contributed by atoms with Crippen molar-refractivity contribution in [1.82, 2.24) is 0 Å². The van der Waals surface area contributed by atoms with Crippen LogP contribution in [-0.4, -0.2) is 28.6 Å². The molecule has 1 saturated heterocycles. The molecule has 1 aliphatic heterocycles. The lowest BCUT2D eigenvalue weighted by atomic mass is 10.1. The molecule has 2 aromatic rings. The van der Waals surface area contributed by atoms with Crippen LogP contribution in [0.5, 0.6) is 0 Å². The molecule has 2 amide bonds. The van der Waals surface area contributed by atoms with E-state index < -0.39 is 20.0 Å². The molecule has 0 aliphatic carbocycles. The number of imide groups is 1. The molecule has 2 aromatic carbocycles. The Kier molecular flexibility index (Phi) is 5.24. The van der Waals surface area contributed by atoms with Crippen LogP contribution in [0.4, 0.5) is 11.4 Å². The van der Waals surface area contributed by atoms with E-state index in [2.05, 4.69) is 4.72 Å². The summed E-state index contributed by atoms with van der Waals surface area (Å²) in [5.41, 5.74) is 0.462. The minimum atomic E-state index is -3.96. The topological polar surface area (TPSA) is 144 Å². The predicted molar refractivity (Wildman–Crippen MR) is 101 cm³/mol. The van der Waals surface area contributed by atoms with E-state index in [1.807, 2.05) is 0 Å². The number of carbonyl (C=O) groups is 2. The van der Waals surface area contributed by atoms with Gasteiger partial charge in [0.05, 0.1) is 15.5 Å². The van der Waals surface area contributed by atoms with Gasteiger partial charge in [0.2, 0.25) is 21.8 Å². The second-order valence-electron chi connectivity index (χ2n) is 6.15. The third-order valence-corrected chi connectivity index (χ3v) is 6.45. The van der Waals surface area contributed by atoms with E-state index >= 15 is 0 Å². The summed E-state index contributed by atoms with van der Waals surface area (Å²) in [6, 6.07) is 10.3. The molecule has 1 heterocycles. The third-order valence-electron chi connectivity index (χ3n) is 4.12. The Morgan fingerprint density at radius 2 is 1.29 bits per heavy atom. The summed E-state index contributed by atoms with van der Waals surface area (Å²) in [4.78, 5) is 24.7. The molecule has 3 rings (SSSR count). The van der Waals surface area contributed by atoms with Crippen LogP contribution in [0.3, 0.4) is 0 Å². The average Bonchev–Trinajstić information content (AvgIpc) is 2.61. The smallest absolute Gasteiger partial charge is 0.261 e. The minimum absolute atomic E-state index is 0.0799. The monoisotopic (exact) mass is 423 g/mol. The standard InChI is InChI=1S/C17H17N3O6S2/c18-27(23,24)14-8-4-12(5-9-14)19-28(25,26)15-10-6-13(7-11-15)20-16(21)2-1-3-17(20)22/h4-11,19H,1-3H2,(H2,18,23,24). The van der Waals surface area contributed by atoms with Crippen molar-refractivity contribution in [3.63, 3.8) is 0 Å². The van der Waals surface area contributed by atoms with Crippen molar-refractivity contribution >= 4 is 43.2 Å². The van der Waals surface area contributed by atoms with Crippen molar-refractivity contribution in [2.75, 3.05) is 9.62 Å². The Bertz CT molecular complexity index is 1110. The zero-order valence-corrected chi connectivity index (χ0v) is 16.2. The van der Waals surface area contributed by atoms with Crippen LogP contribution in [0, 0.1) is 0 Å². The van der Waals surface area contributed by atoms with Gasteiger partial charge >= 0.3 is 0 Å². The van der Waals surface area contributed by atoms with E-state index in [0.717, 1.165) is 4.90 Å². The Morgan fingerprint density at radius 3 is 1.79 bits per heavy atom. The van der Waals surface area contributed by atoms with Gasteiger partial charge in [0.15, 0.2) is 0 Å². The molecule has 0 saturated carbocycles. The molecule has 0 bridgehead atoms. The number of anilines is 2. The van der Waals surface area contributed by atoms with Crippen molar-refractivity contribution in [3.05, 3.63) is 48.5 Å². The van der Waals surface area contributed by atoms with Gasteiger partial charge < -0.3 is 0 Å². The number of primary sulfonamides is 1. The molecule has 0 spiro atoms. The zero-order chi connectivity index (χ0) is 20.5. The lowest BCUT2D eigenvalue weighted by Gasteiger charge is -2.24. The van der Waals surface area contributed by atoms with E-state index in [0.29, 0.717) is 12.1 Å². The van der Waals surface area contributed by atoms with Crippen molar-refractivity contribution in [2.45, 2.75) is 29.1 Å². The number of hydrogen-bond donors (Lipinski definition) is 2. The fourth-order valence-electron chi connectivity index (χ4n) is 2.74. The Morgan fingerprint density at radius 1 is 0.786 bits per heavy atom. The quantitative estimate of drug-likeness (QED) is 0.691. The van der Waals surface area contributed by atoms with Gasteiger partial charge in [-0.1, -0.05) is 0 Å². The molecule has 0 unspecified atom stereocenters. The largest absolute Gasteiger partial charge is 0.280 e. The van der Waals surface area contributed by atoms with Crippen LogP contribution in [-0.2, 0) is 29.6 Å². The summed E-state index contributed by atoms with van der Waals surface area (Å²) in [5, 5.41) is 5.00. The highest BCUT2D eigenvalue weighted by atomic mass is 32.2. The van der Waals surface area contributed by atoms with Crippen molar-refractivity contribution < 1.29 is 26.4 Å². The number of benzene rings is 2. The molecule has 1 aliphatic rings. The maximum atomic E-state index is 12.5. The van der Waals surface area contributed by atoms with Gasteiger partial charge in [0, 0.05) is 18.5 Å².